The zero-order chi connectivity index (χ0) is 22.4. The summed E-state index contributed by atoms with van der Waals surface area (Å²) in [5.74, 6) is -1.10. The van der Waals surface area contributed by atoms with Gasteiger partial charge >= 0.3 is 20.5 Å². The third-order valence-corrected chi connectivity index (χ3v) is 4.76. The molecule has 1 aliphatic carbocycles. The maximum atomic E-state index is 11.2. The topological polar surface area (TPSA) is 163 Å². The number of hydrogen-bond donors (Lipinski definition) is 5. The Bertz CT molecular complexity index is 464. The second kappa shape index (κ2) is 15.9. The number of esters is 1. The molecule has 0 spiro atoms. The highest BCUT2D eigenvalue weighted by atomic mass is 31.2. The number of aliphatic hydroxyl groups excluding tert-OH is 3. The fourth-order valence-electron chi connectivity index (χ4n) is 2.39. The average molecular weight is 442 g/mol. The summed E-state index contributed by atoms with van der Waals surface area (Å²) >= 11 is 0. The minimum Gasteiger partial charge on any atom is -0.481 e. The van der Waals surface area contributed by atoms with Crippen molar-refractivity contribution in [1.29, 1.82) is 0 Å². The minimum absolute atomic E-state index is 0.0748. The van der Waals surface area contributed by atoms with Crippen molar-refractivity contribution in [2.75, 3.05) is 13.2 Å². The number of carboxylic acid groups (broad SMARTS) is 1. The zero-order valence-electron chi connectivity index (χ0n) is 17.3. The summed E-state index contributed by atoms with van der Waals surface area (Å²) in [5, 5.41) is 36.8. The van der Waals surface area contributed by atoms with Crippen LogP contribution in [0.25, 0.3) is 0 Å². The molecule has 0 aromatic heterocycles. The van der Waals surface area contributed by atoms with Gasteiger partial charge in [0.25, 0.3) is 0 Å². The van der Waals surface area contributed by atoms with Crippen LogP contribution in [0.4, 0.5) is 0 Å². The van der Waals surface area contributed by atoms with Crippen LogP contribution in [0.3, 0.4) is 0 Å². The van der Waals surface area contributed by atoms with Crippen molar-refractivity contribution >= 4 is 20.5 Å². The highest BCUT2D eigenvalue weighted by Gasteiger charge is 2.37. The SMILES string of the molecule is CCCC(=O)O.CCCC(=O)OCC(C)COP(O)OC1CC(O)CC(O)C1O. The second-order valence-electron chi connectivity index (χ2n) is 7.04. The standard InChI is InChI=1S/C14H27O8P.C4H8O2/c1-3-4-13(17)20-7-9(2)8-21-23(19)22-12-6-10(15)5-11(16)14(12)18;1-2-3-4(5)6/h9-12,14-16,18-19H,3-8H2,1-2H3;2-3H2,1H3,(H,5,6). The van der Waals surface area contributed by atoms with Gasteiger partial charge in [0.2, 0.25) is 0 Å². The Morgan fingerprint density at radius 1 is 1.07 bits per heavy atom. The summed E-state index contributed by atoms with van der Waals surface area (Å²) in [6.45, 7) is 5.83. The van der Waals surface area contributed by atoms with Crippen molar-refractivity contribution in [1.82, 2.24) is 0 Å². The van der Waals surface area contributed by atoms with Crippen LogP contribution in [0.15, 0.2) is 0 Å². The van der Waals surface area contributed by atoms with Crippen molar-refractivity contribution in [2.24, 2.45) is 5.92 Å². The number of hydrogen-bond acceptors (Lipinski definition) is 9. The van der Waals surface area contributed by atoms with E-state index in [9.17, 15) is 29.8 Å². The maximum absolute atomic E-state index is 11.2. The van der Waals surface area contributed by atoms with Gasteiger partial charge in [0.05, 0.1) is 31.5 Å². The van der Waals surface area contributed by atoms with E-state index in [0.29, 0.717) is 12.8 Å². The lowest BCUT2D eigenvalue weighted by Crippen LogP contribution is -2.46. The number of carbonyl (C=O) groups is 2. The third-order valence-electron chi connectivity index (χ3n) is 3.93. The predicted molar refractivity (Wildman–Crippen MR) is 105 cm³/mol. The lowest BCUT2D eigenvalue weighted by Gasteiger charge is -2.34. The highest BCUT2D eigenvalue weighted by Crippen LogP contribution is 2.39. The number of aliphatic hydroxyl groups is 3. The zero-order valence-corrected chi connectivity index (χ0v) is 18.2. The molecule has 1 saturated carbocycles. The van der Waals surface area contributed by atoms with E-state index >= 15 is 0 Å². The van der Waals surface area contributed by atoms with Gasteiger partial charge in [-0.3, -0.25) is 9.59 Å². The molecule has 0 heterocycles. The Morgan fingerprint density at radius 2 is 1.69 bits per heavy atom. The smallest absolute Gasteiger partial charge is 0.330 e. The molecule has 29 heavy (non-hydrogen) atoms. The van der Waals surface area contributed by atoms with Crippen molar-refractivity contribution in [3.05, 3.63) is 0 Å². The van der Waals surface area contributed by atoms with Gasteiger partial charge in [-0.2, -0.15) is 0 Å². The molecule has 0 aromatic carbocycles. The molecule has 5 N–H and O–H groups in total. The Kier molecular flexibility index (Phi) is 15.4. The number of rotatable bonds is 11. The molecule has 1 aliphatic rings. The quantitative estimate of drug-likeness (QED) is 0.233. The maximum Gasteiger partial charge on any atom is 0.330 e. The second-order valence-corrected chi connectivity index (χ2v) is 7.99. The van der Waals surface area contributed by atoms with Crippen LogP contribution in [0, 0.1) is 5.92 Å². The van der Waals surface area contributed by atoms with E-state index in [2.05, 4.69) is 0 Å². The molecule has 6 atom stereocenters. The largest absolute Gasteiger partial charge is 0.481 e. The number of carboxylic acids is 1. The van der Waals surface area contributed by atoms with E-state index < -0.39 is 39.0 Å². The van der Waals surface area contributed by atoms with Gasteiger partial charge in [-0.05, 0) is 12.8 Å². The van der Waals surface area contributed by atoms with Crippen LogP contribution in [0.2, 0.25) is 0 Å². The fourth-order valence-corrected chi connectivity index (χ4v) is 3.27. The molecule has 0 aromatic rings. The van der Waals surface area contributed by atoms with Crippen molar-refractivity contribution in [2.45, 2.75) is 83.7 Å². The first kappa shape index (κ1) is 28.1. The first-order valence-electron chi connectivity index (χ1n) is 9.80. The van der Waals surface area contributed by atoms with Crippen LogP contribution >= 0.6 is 8.60 Å². The van der Waals surface area contributed by atoms with E-state index in [-0.39, 0.29) is 37.9 Å². The molecule has 172 valence electrons. The molecule has 0 amide bonds. The minimum atomic E-state index is -2.26. The Morgan fingerprint density at radius 3 is 2.21 bits per heavy atom. The first-order valence-corrected chi connectivity index (χ1v) is 10.9. The molecule has 0 aliphatic heterocycles. The van der Waals surface area contributed by atoms with Crippen LogP contribution in [0.5, 0.6) is 0 Å². The molecule has 1 rings (SSSR count). The van der Waals surface area contributed by atoms with E-state index in [4.69, 9.17) is 18.9 Å². The summed E-state index contributed by atoms with van der Waals surface area (Å²) in [6.07, 6.45) is -1.64. The lowest BCUT2D eigenvalue weighted by molar-refractivity contribution is -0.145. The van der Waals surface area contributed by atoms with Gasteiger partial charge < -0.3 is 39.1 Å². The Hall–Kier alpha value is -0.870. The Balaban J connectivity index is 0.00000113. The van der Waals surface area contributed by atoms with E-state index in [1.165, 1.54) is 0 Å². The summed E-state index contributed by atoms with van der Waals surface area (Å²) in [6, 6.07) is 0. The summed E-state index contributed by atoms with van der Waals surface area (Å²) in [7, 11) is -2.26. The molecule has 0 radical (unpaired) electrons. The summed E-state index contributed by atoms with van der Waals surface area (Å²) in [5.41, 5.74) is 0. The van der Waals surface area contributed by atoms with Crippen molar-refractivity contribution in [3.8, 4) is 0 Å². The van der Waals surface area contributed by atoms with Gasteiger partial charge in [-0.15, -0.1) is 0 Å². The highest BCUT2D eigenvalue weighted by molar-refractivity contribution is 7.40. The Labute approximate surface area is 172 Å². The van der Waals surface area contributed by atoms with E-state index in [1.807, 2.05) is 13.8 Å². The fraction of sp³-hybridized carbons (Fsp3) is 0.889. The van der Waals surface area contributed by atoms with Gasteiger partial charge in [0.15, 0.2) is 0 Å². The number of ether oxygens (including phenoxy) is 1. The third kappa shape index (κ3) is 13.9. The summed E-state index contributed by atoms with van der Waals surface area (Å²) < 4.78 is 15.4. The van der Waals surface area contributed by atoms with Crippen LogP contribution in [0.1, 0.15) is 59.3 Å². The molecular formula is C18H35O10P. The van der Waals surface area contributed by atoms with Crippen LogP contribution < -0.4 is 0 Å². The van der Waals surface area contributed by atoms with Gasteiger partial charge in [0, 0.05) is 31.6 Å². The van der Waals surface area contributed by atoms with Crippen LogP contribution in [-0.4, -0.2) is 74.9 Å². The van der Waals surface area contributed by atoms with E-state index in [1.54, 1.807) is 6.92 Å². The first-order chi connectivity index (χ1) is 13.6. The van der Waals surface area contributed by atoms with Crippen molar-refractivity contribution in [3.63, 3.8) is 0 Å². The van der Waals surface area contributed by atoms with E-state index in [0.717, 1.165) is 12.8 Å². The number of aliphatic carboxylic acids is 1. The van der Waals surface area contributed by atoms with Gasteiger partial charge in [0.1, 0.15) is 6.10 Å². The monoisotopic (exact) mass is 442 g/mol. The molecule has 6 unspecified atom stereocenters. The molecule has 0 bridgehead atoms. The molecule has 1 fully saturated rings. The number of carbonyl (C=O) groups excluding carboxylic acids is 1. The predicted octanol–water partition coefficient (Wildman–Crippen LogP) is 1.33. The molecule has 0 saturated heterocycles. The molecular weight excluding hydrogens is 407 g/mol. The van der Waals surface area contributed by atoms with Gasteiger partial charge in [-0.25, -0.2) is 0 Å². The average Bonchev–Trinajstić information content (AvgIpc) is 2.63. The summed E-state index contributed by atoms with van der Waals surface area (Å²) in [4.78, 5) is 30.6. The van der Waals surface area contributed by atoms with Crippen molar-refractivity contribution < 1.29 is 48.7 Å². The normalized spacial score (nSPS) is 26.0. The van der Waals surface area contributed by atoms with Gasteiger partial charge in [-0.1, -0.05) is 20.8 Å². The molecule has 10 nitrogen and oxygen atoms in total. The lowest BCUT2D eigenvalue weighted by atomic mass is 9.90. The van der Waals surface area contributed by atoms with Crippen LogP contribution in [-0.2, 0) is 23.4 Å². The molecule has 11 heteroatoms.